The molecule has 1 unspecified atom stereocenters. The average Bonchev–Trinajstić information content (AvgIpc) is 3.43. The summed E-state index contributed by atoms with van der Waals surface area (Å²) in [6.07, 6.45) is 5.69. The lowest BCUT2D eigenvalue weighted by atomic mass is 9.93. The summed E-state index contributed by atoms with van der Waals surface area (Å²) in [6.45, 7) is 4.33. The van der Waals surface area contributed by atoms with Crippen molar-refractivity contribution in [2.45, 2.75) is 51.9 Å². The molecular formula is C21H25ClN4O. The number of ether oxygens (including phenoxy) is 1. The largest absolute Gasteiger partial charge is 0.497 e. The average molecular weight is 385 g/mol. The van der Waals surface area contributed by atoms with Crippen LogP contribution in [0.2, 0.25) is 5.02 Å². The molecule has 3 aromatic rings. The number of halogens is 1. The molecule has 1 aliphatic carbocycles. The number of rotatable bonds is 7. The van der Waals surface area contributed by atoms with Gasteiger partial charge in [-0.1, -0.05) is 31.9 Å². The summed E-state index contributed by atoms with van der Waals surface area (Å²) in [5, 5.41) is 9.87. The summed E-state index contributed by atoms with van der Waals surface area (Å²) < 4.78 is 5.26. The molecule has 2 heterocycles. The van der Waals surface area contributed by atoms with E-state index < -0.39 is 0 Å². The van der Waals surface area contributed by atoms with Gasteiger partial charge in [-0.15, -0.1) is 5.10 Å². The molecule has 1 fully saturated rings. The normalized spacial score (nSPS) is 15.3. The van der Waals surface area contributed by atoms with Crippen molar-refractivity contribution >= 4 is 22.6 Å². The van der Waals surface area contributed by atoms with Gasteiger partial charge in [0.05, 0.1) is 23.3 Å². The quantitative estimate of drug-likeness (QED) is 0.581. The molecule has 2 aromatic heterocycles. The molecular weight excluding hydrogens is 360 g/mol. The Morgan fingerprint density at radius 2 is 2.07 bits per heavy atom. The summed E-state index contributed by atoms with van der Waals surface area (Å²) in [5.41, 5.74) is 4.51. The van der Waals surface area contributed by atoms with E-state index in [1.165, 1.54) is 12.8 Å². The summed E-state index contributed by atoms with van der Waals surface area (Å²) in [6, 6.07) is 5.62. The van der Waals surface area contributed by atoms with Gasteiger partial charge in [-0.05, 0) is 43.4 Å². The van der Waals surface area contributed by atoms with E-state index >= 15 is 0 Å². The molecule has 27 heavy (non-hydrogen) atoms. The van der Waals surface area contributed by atoms with Crippen LogP contribution >= 0.6 is 11.6 Å². The highest BCUT2D eigenvalue weighted by atomic mass is 35.5. The molecule has 0 saturated heterocycles. The van der Waals surface area contributed by atoms with Crippen LogP contribution in [0.25, 0.3) is 22.3 Å². The molecule has 6 heteroatoms. The number of aromatic nitrogens is 4. The first-order valence-corrected chi connectivity index (χ1v) is 10.1. The first-order chi connectivity index (χ1) is 13.2. The summed E-state index contributed by atoms with van der Waals surface area (Å²) in [7, 11) is 1.63. The van der Waals surface area contributed by atoms with Crippen LogP contribution in [-0.2, 0) is 6.42 Å². The Kier molecular flexibility index (Phi) is 5.04. The van der Waals surface area contributed by atoms with Crippen LogP contribution in [0.1, 0.15) is 57.0 Å². The van der Waals surface area contributed by atoms with Crippen LogP contribution in [0.4, 0.5) is 0 Å². The summed E-state index contributed by atoms with van der Waals surface area (Å²) in [5.74, 6) is 2.86. The number of hydrogen-bond donors (Lipinski definition) is 1. The Balaban J connectivity index is 1.88. The van der Waals surface area contributed by atoms with E-state index in [9.17, 15) is 0 Å². The highest BCUT2D eigenvalue weighted by molar-refractivity contribution is 6.33. The lowest BCUT2D eigenvalue weighted by Gasteiger charge is -2.16. The Labute approximate surface area is 164 Å². The zero-order chi connectivity index (χ0) is 19.0. The minimum Gasteiger partial charge on any atom is -0.497 e. The Morgan fingerprint density at radius 1 is 1.26 bits per heavy atom. The molecule has 0 amide bonds. The standard InChI is InChI=1S/C21H25ClN4O/c1-4-6-14(12-7-8-12)18-20-21(24-17(5-2)23-20)19(26-25-18)15-10-9-13(27-3)11-16(15)22/h9-12,14H,4-8H2,1-3H3,(H,23,24). The van der Waals surface area contributed by atoms with Gasteiger partial charge < -0.3 is 9.72 Å². The third-order valence-corrected chi connectivity index (χ3v) is 5.71. The number of fused-ring (bicyclic) bond motifs is 1. The predicted molar refractivity (Wildman–Crippen MR) is 108 cm³/mol. The van der Waals surface area contributed by atoms with Gasteiger partial charge in [0.2, 0.25) is 0 Å². The van der Waals surface area contributed by atoms with Crippen molar-refractivity contribution in [1.82, 2.24) is 20.2 Å². The van der Waals surface area contributed by atoms with E-state index in [2.05, 4.69) is 29.0 Å². The zero-order valence-corrected chi connectivity index (χ0v) is 16.8. The number of aryl methyl sites for hydroxylation is 1. The van der Waals surface area contributed by atoms with Crippen LogP contribution in [0.15, 0.2) is 18.2 Å². The van der Waals surface area contributed by atoms with Crippen molar-refractivity contribution < 1.29 is 4.74 Å². The molecule has 5 nitrogen and oxygen atoms in total. The van der Waals surface area contributed by atoms with Gasteiger partial charge in [0.25, 0.3) is 0 Å². The molecule has 142 valence electrons. The van der Waals surface area contributed by atoms with Gasteiger partial charge in [0, 0.05) is 17.9 Å². The number of nitrogens with zero attached hydrogens (tertiary/aromatic N) is 3. The van der Waals surface area contributed by atoms with Crippen molar-refractivity contribution in [1.29, 1.82) is 0 Å². The molecule has 0 bridgehead atoms. The number of aromatic amines is 1. The second-order valence-corrected chi connectivity index (χ2v) is 7.68. The third-order valence-electron chi connectivity index (χ3n) is 5.40. The molecule has 4 rings (SSSR count). The fourth-order valence-corrected chi connectivity index (χ4v) is 4.07. The number of hydrogen-bond acceptors (Lipinski definition) is 4. The fourth-order valence-electron chi connectivity index (χ4n) is 3.81. The first-order valence-electron chi connectivity index (χ1n) is 9.75. The maximum Gasteiger partial charge on any atom is 0.122 e. The van der Waals surface area contributed by atoms with Gasteiger partial charge in [-0.25, -0.2) is 4.98 Å². The van der Waals surface area contributed by atoms with E-state index in [4.69, 9.17) is 21.3 Å². The minimum absolute atomic E-state index is 0.454. The number of methoxy groups -OCH3 is 1. The van der Waals surface area contributed by atoms with E-state index in [1.807, 2.05) is 12.1 Å². The molecule has 1 atom stereocenters. The van der Waals surface area contributed by atoms with Crippen LogP contribution < -0.4 is 4.74 Å². The highest BCUT2D eigenvalue weighted by Crippen LogP contribution is 2.46. The highest BCUT2D eigenvalue weighted by Gasteiger charge is 2.35. The zero-order valence-electron chi connectivity index (χ0n) is 16.1. The van der Waals surface area contributed by atoms with Crippen LogP contribution in [-0.4, -0.2) is 27.3 Å². The molecule has 1 aliphatic rings. The van der Waals surface area contributed by atoms with Crippen molar-refractivity contribution in [2.24, 2.45) is 5.92 Å². The lowest BCUT2D eigenvalue weighted by molar-refractivity contribution is 0.415. The predicted octanol–water partition coefficient (Wildman–Crippen LogP) is 5.54. The van der Waals surface area contributed by atoms with E-state index in [0.29, 0.717) is 10.9 Å². The van der Waals surface area contributed by atoms with Crippen LogP contribution in [0, 0.1) is 5.92 Å². The van der Waals surface area contributed by atoms with Gasteiger partial charge in [-0.3, -0.25) is 0 Å². The fraction of sp³-hybridized carbons (Fsp3) is 0.476. The van der Waals surface area contributed by atoms with E-state index in [0.717, 1.165) is 64.7 Å². The van der Waals surface area contributed by atoms with Crippen molar-refractivity contribution in [3.8, 4) is 17.0 Å². The van der Waals surface area contributed by atoms with Crippen LogP contribution in [0.3, 0.4) is 0 Å². The monoisotopic (exact) mass is 384 g/mol. The lowest BCUT2D eigenvalue weighted by Crippen LogP contribution is -2.07. The number of imidazole rings is 1. The number of H-pyrrole nitrogens is 1. The second-order valence-electron chi connectivity index (χ2n) is 7.27. The van der Waals surface area contributed by atoms with E-state index in [-0.39, 0.29) is 0 Å². The maximum atomic E-state index is 6.51. The van der Waals surface area contributed by atoms with Gasteiger partial charge in [0.1, 0.15) is 22.8 Å². The van der Waals surface area contributed by atoms with Gasteiger partial charge in [-0.2, -0.15) is 5.10 Å². The maximum absolute atomic E-state index is 6.51. The minimum atomic E-state index is 0.454. The smallest absolute Gasteiger partial charge is 0.122 e. The Bertz CT molecular complexity index is 964. The molecule has 0 aliphatic heterocycles. The second kappa shape index (κ2) is 7.47. The molecule has 0 radical (unpaired) electrons. The summed E-state index contributed by atoms with van der Waals surface area (Å²) in [4.78, 5) is 8.33. The molecule has 1 N–H and O–H groups in total. The number of nitrogens with one attached hydrogen (secondary N) is 1. The van der Waals surface area contributed by atoms with Gasteiger partial charge >= 0.3 is 0 Å². The van der Waals surface area contributed by atoms with Crippen molar-refractivity contribution in [3.63, 3.8) is 0 Å². The molecule has 1 saturated carbocycles. The Hall–Kier alpha value is -2.14. The van der Waals surface area contributed by atoms with Crippen molar-refractivity contribution in [3.05, 3.63) is 34.7 Å². The first kappa shape index (κ1) is 18.2. The topological polar surface area (TPSA) is 63.7 Å². The molecule has 0 spiro atoms. The number of benzene rings is 1. The van der Waals surface area contributed by atoms with Gasteiger partial charge in [0.15, 0.2) is 0 Å². The van der Waals surface area contributed by atoms with Crippen LogP contribution in [0.5, 0.6) is 5.75 Å². The van der Waals surface area contributed by atoms with E-state index in [1.54, 1.807) is 13.2 Å². The SMILES string of the molecule is CCCC(c1nnc(-c2ccc(OC)cc2Cl)c2nc(CC)[nH]c12)C1CC1. The van der Waals surface area contributed by atoms with Crippen molar-refractivity contribution in [2.75, 3.05) is 7.11 Å². The molecule has 1 aromatic carbocycles. The Morgan fingerprint density at radius 3 is 2.70 bits per heavy atom. The summed E-state index contributed by atoms with van der Waals surface area (Å²) >= 11 is 6.51. The third kappa shape index (κ3) is 3.41.